The number of fused-ring (bicyclic) bond motifs is 1. The molecule has 0 saturated carbocycles. The fourth-order valence-corrected chi connectivity index (χ4v) is 2.00. The van der Waals surface area contributed by atoms with Gasteiger partial charge in [0.2, 0.25) is 0 Å². The highest BCUT2D eigenvalue weighted by molar-refractivity contribution is 6.03. The number of rotatable bonds is 2. The molecule has 3 rings (SSSR count). The van der Waals surface area contributed by atoms with Crippen molar-refractivity contribution in [1.29, 1.82) is 0 Å². The van der Waals surface area contributed by atoms with Crippen LogP contribution in [0.25, 0.3) is 10.9 Å². The molecule has 4 heteroatoms. The Morgan fingerprint density at radius 3 is 2.80 bits per heavy atom. The number of carbonyl (C=O) groups excluding carboxylic acids is 1. The van der Waals surface area contributed by atoms with Crippen molar-refractivity contribution in [3.05, 3.63) is 66.1 Å². The smallest absolute Gasteiger partial charge is 0.274 e. The van der Waals surface area contributed by atoms with Gasteiger partial charge >= 0.3 is 0 Å². The predicted molar refractivity (Wildman–Crippen MR) is 78.7 cm³/mol. The first-order valence-electron chi connectivity index (χ1n) is 6.32. The lowest BCUT2D eigenvalue weighted by Crippen LogP contribution is -2.14. The van der Waals surface area contributed by atoms with Crippen molar-refractivity contribution in [3.8, 4) is 0 Å². The molecule has 0 fully saturated rings. The van der Waals surface area contributed by atoms with Gasteiger partial charge in [0.25, 0.3) is 5.91 Å². The molecule has 20 heavy (non-hydrogen) atoms. The molecule has 0 unspecified atom stereocenters. The van der Waals surface area contributed by atoms with Gasteiger partial charge in [0.05, 0.1) is 17.4 Å². The highest BCUT2D eigenvalue weighted by Crippen LogP contribution is 2.16. The van der Waals surface area contributed by atoms with Crippen LogP contribution in [0.2, 0.25) is 0 Å². The van der Waals surface area contributed by atoms with E-state index in [1.807, 2.05) is 49.4 Å². The third kappa shape index (κ3) is 2.49. The Morgan fingerprint density at radius 1 is 1.10 bits per heavy atom. The number of para-hydroxylation sites is 1. The molecule has 2 aromatic heterocycles. The van der Waals surface area contributed by atoms with Gasteiger partial charge in [0, 0.05) is 11.1 Å². The third-order valence-corrected chi connectivity index (χ3v) is 2.97. The van der Waals surface area contributed by atoms with Gasteiger partial charge in [0.1, 0.15) is 5.69 Å². The van der Waals surface area contributed by atoms with E-state index >= 15 is 0 Å². The maximum absolute atomic E-state index is 12.1. The SMILES string of the molecule is Cc1cccc(C(=O)Nc2cnc3ccccc3c2)n1. The highest BCUT2D eigenvalue weighted by atomic mass is 16.1. The van der Waals surface area contributed by atoms with E-state index in [-0.39, 0.29) is 5.91 Å². The Balaban J connectivity index is 1.87. The molecule has 1 N–H and O–H groups in total. The molecule has 4 nitrogen and oxygen atoms in total. The number of hydrogen-bond acceptors (Lipinski definition) is 3. The molecule has 1 aromatic carbocycles. The summed E-state index contributed by atoms with van der Waals surface area (Å²) in [5.74, 6) is -0.231. The Labute approximate surface area is 116 Å². The molecule has 2 heterocycles. The summed E-state index contributed by atoms with van der Waals surface area (Å²) in [5.41, 5.74) is 2.78. The largest absolute Gasteiger partial charge is 0.319 e. The van der Waals surface area contributed by atoms with Crippen LogP contribution in [-0.2, 0) is 0 Å². The van der Waals surface area contributed by atoms with Crippen LogP contribution in [-0.4, -0.2) is 15.9 Å². The summed E-state index contributed by atoms with van der Waals surface area (Å²) in [6.45, 7) is 1.86. The van der Waals surface area contributed by atoms with Crippen LogP contribution in [0.15, 0.2) is 54.7 Å². The lowest BCUT2D eigenvalue weighted by molar-refractivity contribution is 0.102. The third-order valence-electron chi connectivity index (χ3n) is 2.97. The molecule has 0 aliphatic heterocycles. The summed E-state index contributed by atoms with van der Waals surface area (Å²) in [5, 5.41) is 3.80. The quantitative estimate of drug-likeness (QED) is 0.772. The van der Waals surface area contributed by atoms with E-state index in [1.165, 1.54) is 0 Å². The minimum absolute atomic E-state index is 0.231. The molecular formula is C16H13N3O. The number of nitrogens with zero attached hydrogens (tertiary/aromatic N) is 2. The highest BCUT2D eigenvalue weighted by Gasteiger charge is 2.08. The minimum Gasteiger partial charge on any atom is -0.319 e. The van der Waals surface area contributed by atoms with Crippen LogP contribution in [0.5, 0.6) is 0 Å². The van der Waals surface area contributed by atoms with E-state index in [9.17, 15) is 4.79 Å². The van der Waals surface area contributed by atoms with E-state index < -0.39 is 0 Å². The molecule has 0 bridgehead atoms. The number of carbonyl (C=O) groups is 1. The standard InChI is InChI=1S/C16H13N3O/c1-11-5-4-8-15(18-11)16(20)19-13-9-12-6-2-3-7-14(12)17-10-13/h2-10H,1H3,(H,19,20). The van der Waals surface area contributed by atoms with Crippen molar-refractivity contribution < 1.29 is 4.79 Å². The average molecular weight is 263 g/mol. The van der Waals surface area contributed by atoms with Crippen molar-refractivity contribution in [2.24, 2.45) is 0 Å². The van der Waals surface area contributed by atoms with Crippen LogP contribution in [0.4, 0.5) is 5.69 Å². The Morgan fingerprint density at radius 2 is 1.95 bits per heavy atom. The number of amides is 1. The van der Waals surface area contributed by atoms with Gasteiger partial charge in [-0.1, -0.05) is 24.3 Å². The Bertz CT molecular complexity index is 783. The summed E-state index contributed by atoms with van der Waals surface area (Å²) in [6, 6.07) is 15.0. The van der Waals surface area contributed by atoms with E-state index in [0.717, 1.165) is 16.6 Å². The molecule has 3 aromatic rings. The number of benzene rings is 1. The van der Waals surface area contributed by atoms with E-state index in [1.54, 1.807) is 12.3 Å². The zero-order chi connectivity index (χ0) is 13.9. The number of pyridine rings is 2. The summed E-state index contributed by atoms with van der Waals surface area (Å²) >= 11 is 0. The van der Waals surface area contributed by atoms with Crippen LogP contribution in [0.3, 0.4) is 0 Å². The molecule has 0 saturated heterocycles. The number of hydrogen-bond donors (Lipinski definition) is 1. The fourth-order valence-electron chi connectivity index (χ4n) is 2.00. The maximum Gasteiger partial charge on any atom is 0.274 e. The minimum atomic E-state index is -0.231. The zero-order valence-electron chi connectivity index (χ0n) is 11.0. The summed E-state index contributed by atoms with van der Waals surface area (Å²) < 4.78 is 0. The van der Waals surface area contributed by atoms with Gasteiger partial charge in [-0.05, 0) is 31.2 Å². The Hall–Kier alpha value is -2.75. The van der Waals surface area contributed by atoms with Gasteiger partial charge in [-0.25, -0.2) is 4.98 Å². The number of aryl methyl sites for hydroxylation is 1. The average Bonchev–Trinajstić information content (AvgIpc) is 2.47. The van der Waals surface area contributed by atoms with E-state index in [4.69, 9.17) is 0 Å². The van der Waals surface area contributed by atoms with Crippen LogP contribution < -0.4 is 5.32 Å². The van der Waals surface area contributed by atoms with Crippen LogP contribution in [0.1, 0.15) is 16.2 Å². The van der Waals surface area contributed by atoms with Crippen molar-refractivity contribution in [3.63, 3.8) is 0 Å². The molecule has 0 atom stereocenters. The molecule has 1 amide bonds. The van der Waals surface area contributed by atoms with Gasteiger partial charge < -0.3 is 5.32 Å². The van der Waals surface area contributed by atoms with Crippen LogP contribution >= 0.6 is 0 Å². The molecule has 0 radical (unpaired) electrons. The first-order chi connectivity index (χ1) is 9.72. The lowest BCUT2D eigenvalue weighted by atomic mass is 10.2. The van der Waals surface area contributed by atoms with E-state index in [2.05, 4.69) is 15.3 Å². The van der Waals surface area contributed by atoms with Crippen molar-refractivity contribution in [2.75, 3.05) is 5.32 Å². The topological polar surface area (TPSA) is 54.9 Å². The Kier molecular flexibility index (Phi) is 3.13. The summed E-state index contributed by atoms with van der Waals surface area (Å²) in [6.07, 6.45) is 1.65. The first kappa shape index (κ1) is 12.3. The molecule has 98 valence electrons. The summed E-state index contributed by atoms with van der Waals surface area (Å²) in [7, 11) is 0. The summed E-state index contributed by atoms with van der Waals surface area (Å²) in [4.78, 5) is 20.6. The van der Waals surface area contributed by atoms with Gasteiger partial charge in [-0.3, -0.25) is 9.78 Å². The van der Waals surface area contributed by atoms with Crippen molar-refractivity contribution in [2.45, 2.75) is 6.92 Å². The van der Waals surface area contributed by atoms with Crippen LogP contribution in [0, 0.1) is 6.92 Å². The molecule has 0 spiro atoms. The van der Waals surface area contributed by atoms with Gasteiger partial charge in [-0.15, -0.1) is 0 Å². The first-order valence-corrected chi connectivity index (χ1v) is 6.32. The maximum atomic E-state index is 12.1. The normalized spacial score (nSPS) is 10.4. The molecule has 0 aliphatic carbocycles. The second kappa shape index (κ2) is 5.09. The van der Waals surface area contributed by atoms with Gasteiger partial charge in [0.15, 0.2) is 0 Å². The van der Waals surface area contributed by atoms with Crippen molar-refractivity contribution in [1.82, 2.24) is 9.97 Å². The number of aromatic nitrogens is 2. The number of nitrogens with one attached hydrogen (secondary N) is 1. The second-order valence-corrected chi connectivity index (χ2v) is 4.54. The monoisotopic (exact) mass is 263 g/mol. The van der Waals surface area contributed by atoms with Crippen molar-refractivity contribution >= 4 is 22.5 Å². The molecule has 0 aliphatic rings. The second-order valence-electron chi connectivity index (χ2n) is 4.54. The van der Waals surface area contributed by atoms with Gasteiger partial charge in [-0.2, -0.15) is 0 Å². The predicted octanol–water partition coefficient (Wildman–Crippen LogP) is 3.19. The molecular weight excluding hydrogens is 250 g/mol. The number of anilines is 1. The lowest BCUT2D eigenvalue weighted by Gasteiger charge is -2.06. The zero-order valence-corrected chi connectivity index (χ0v) is 11.0. The fraction of sp³-hybridized carbons (Fsp3) is 0.0625. The van der Waals surface area contributed by atoms with E-state index in [0.29, 0.717) is 11.4 Å².